The fourth-order valence-corrected chi connectivity index (χ4v) is 5.68. The number of benzene rings is 2. The molecule has 0 saturated heterocycles. The molecule has 2 amide bonds. The molecule has 0 aliphatic heterocycles. The Kier molecular flexibility index (Phi) is 6.50. The molecule has 0 aromatic heterocycles. The molecular formula is C28H32N2O5. The highest BCUT2D eigenvalue weighted by Crippen LogP contribution is 2.44. The predicted molar refractivity (Wildman–Crippen MR) is 131 cm³/mol. The van der Waals surface area contributed by atoms with Gasteiger partial charge in [-0.15, -0.1) is 0 Å². The number of nitrogens with one attached hydrogen (secondary N) is 1. The molecule has 0 spiro atoms. The number of carbonyl (C=O) groups excluding carboxylic acids is 2. The van der Waals surface area contributed by atoms with Gasteiger partial charge in [-0.2, -0.15) is 0 Å². The summed E-state index contributed by atoms with van der Waals surface area (Å²) in [5.74, 6) is -0.851. The van der Waals surface area contributed by atoms with Crippen molar-refractivity contribution in [2.45, 2.75) is 56.4 Å². The van der Waals surface area contributed by atoms with E-state index in [0.29, 0.717) is 25.3 Å². The van der Waals surface area contributed by atoms with Crippen LogP contribution in [0.4, 0.5) is 4.79 Å². The molecule has 3 aliphatic carbocycles. The van der Waals surface area contributed by atoms with Crippen LogP contribution in [-0.4, -0.2) is 53.2 Å². The zero-order valence-electron chi connectivity index (χ0n) is 19.9. The van der Waals surface area contributed by atoms with E-state index in [1.807, 2.05) is 24.3 Å². The Bertz CT molecular complexity index is 1070. The van der Waals surface area contributed by atoms with Crippen molar-refractivity contribution in [3.63, 3.8) is 0 Å². The summed E-state index contributed by atoms with van der Waals surface area (Å²) in [4.78, 5) is 38.8. The van der Waals surface area contributed by atoms with Crippen LogP contribution >= 0.6 is 0 Å². The zero-order valence-corrected chi connectivity index (χ0v) is 19.9. The van der Waals surface area contributed by atoms with Gasteiger partial charge in [0.2, 0.25) is 5.91 Å². The molecule has 2 N–H and O–H groups in total. The van der Waals surface area contributed by atoms with Gasteiger partial charge in [-0.05, 0) is 53.9 Å². The average molecular weight is 477 g/mol. The molecule has 3 aliphatic rings. The molecule has 2 aromatic carbocycles. The minimum Gasteiger partial charge on any atom is -0.480 e. The zero-order chi connectivity index (χ0) is 24.4. The highest BCUT2D eigenvalue weighted by atomic mass is 16.5. The number of nitrogens with zero attached hydrogens (tertiary/aromatic N) is 1. The molecular weight excluding hydrogens is 444 g/mol. The van der Waals surface area contributed by atoms with Gasteiger partial charge in [-0.1, -0.05) is 61.4 Å². The molecule has 7 heteroatoms. The lowest BCUT2D eigenvalue weighted by molar-refractivity contribution is -0.145. The van der Waals surface area contributed by atoms with Crippen molar-refractivity contribution in [3.8, 4) is 11.1 Å². The highest BCUT2D eigenvalue weighted by Gasteiger charge is 2.40. The molecule has 0 atom stereocenters. The van der Waals surface area contributed by atoms with E-state index in [9.17, 15) is 19.5 Å². The number of rotatable bonds is 9. The van der Waals surface area contributed by atoms with Crippen molar-refractivity contribution in [1.82, 2.24) is 10.2 Å². The summed E-state index contributed by atoms with van der Waals surface area (Å²) >= 11 is 0. The number of carboxylic acids is 1. The van der Waals surface area contributed by atoms with Gasteiger partial charge in [0.1, 0.15) is 13.2 Å². The summed E-state index contributed by atoms with van der Waals surface area (Å²) in [6, 6.07) is 16.4. The Hall–Kier alpha value is -3.35. The number of carboxylic acid groups (broad SMARTS) is 1. The lowest BCUT2D eigenvalue weighted by Gasteiger charge is -2.32. The second-order valence-electron chi connectivity index (χ2n) is 10.2. The number of fused-ring (bicyclic) bond motifs is 3. The molecule has 35 heavy (non-hydrogen) atoms. The Balaban J connectivity index is 1.24. The van der Waals surface area contributed by atoms with Crippen LogP contribution in [0.5, 0.6) is 0 Å². The van der Waals surface area contributed by atoms with Crippen LogP contribution in [0.25, 0.3) is 11.1 Å². The van der Waals surface area contributed by atoms with Crippen LogP contribution in [0.1, 0.15) is 62.0 Å². The molecule has 2 fully saturated rings. The standard InChI is InChI=1S/C28H32N2O5/c31-25(30(17-26(32)33)16-19-11-12-19)15-28(13-5-6-14-28)29-27(34)35-18-24-22-9-3-1-7-20(22)21-8-2-4-10-23(21)24/h1-4,7-10,19,24H,5-6,11-18H2,(H,29,34)(H,32,33). The smallest absolute Gasteiger partial charge is 0.407 e. The van der Waals surface area contributed by atoms with Gasteiger partial charge in [0.05, 0.1) is 12.0 Å². The number of carbonyl (C=O) groups is 3. The molecule has 5 rings (SSSR count). The fraction of sp³-hybridized carbons (Fsp3) is 0.464. The topological polar surface area (TPSA) is 95.9 Å². The summed E-state index contributed by atoms with van der Waals surface area (Å²) in [5.41, 5.74) is 3.96. The van der Waals surface area contributed by atoms with E-state index in [1.165, 1.54) is 16.0 Å². The third-order valence-corrected chi connectivity index (χ3v) is 7.62. The first-order chi connectivity index (χ1) is 16.9. The van der Waals surface area contributed by atoms with Gasteiger partial charge in [-0.3, -0.25) is 9.59 Å². The maximum absolute atomic E-state index is 13.1. The maximum Gasteiger partial charge on any atom is 0.407 e. The highest BCUT2D eigenvalue weighted by molar-refractivity contribution is 5.83. The van der Waals surface area contributed by atoms with Gasteiger partial charge in [0, 0.05) is 12.5 Å². The lowest BCUT2D eigenvalue weighted by atomic mass is 9.92. The maximum atomic E-state index is 13.1. The first kappa shape index (κ1) is 23.4. The third kappa shape index (κ3) is 5.19. The molecule has 2 aromatic rings. The minimum atomic E-state index is -1.01. The summed E-state index contributed by atoms with van der Waals surface area (Å²) in [6.07, 6.45) is 4.86. The third-order valence-electron chi connectivity index (χ3n) is 7.62. The lowest BCUT2D eigenvalue weighted by Crippen LogP contribution is -2.51. The van der Waals surface area contributed by atoms with Gasteiger partial charge >= 0.3 is 12.1 Å². The van der Waals surface area contributed by atoms with Gasteiger partial charge in [0.25, 0.3) is 0 Å². The molecule has 0 unspecified atom stereocenters. The van der Waals surface area contributed by atoms with Crippen LogP contribution in [0.15, 0.2) is 48.5 Å². The quantitative estimate of drug-likeness (QED) is 0.554. The second-order valence-corrected chi connectivity index (χ2v) is 10.2. The van der Waals surface area contributed by atoms with E-state index in [4.69, 9.17) is 4.74 Å². The Morgan fingerprint density at radius 1 is 0.971 bits per heavy atom. The van der Waals surface area contributed by atoms with E-state index in [-0.39, 0.29) is 31.4 Å². The largest absolute Gasteiger partial charge is 0.480 e. The molecule has 0 radical (unpaired) electrons. The van der Waals surface area contributed by atoms with E-state index < -0.39 is 17.6 Å². The van der Waals surface area contributed by atoms with Crippen LogP contribution in [0.3, 0.4) is 0 Å². The van der Waals surface area contributed by atoms with Crippen molar-refractivity contribution in [3.05, 3.63) is 59.7 Å². The number of alkyl carbamates (subject to hydrolysis) is 1. The van der Waals surface area contributed by atoms with E-state index in [1.54, 1.807) is 0 Å². The van der Waals surface area contributed by atoms with Crippen LogP contribution in [0.2, 0.25) is 0 Å². The van der Waals surface area contributed by atoms with Crippen molar-refractivity contribution in [2.75, 3.05) is 19.7 Å². The van der Waals surface area contributed by atoms with Crippen molar-refractivity contribution < 1.29 is 24.2 Å². The minimum absolute atomic E-state index is 0.0288. The molecule has 0 heterocycles. The number of hydrogen-bond acceptors (Lipinski definition) is 4. The van der Waals surface area contributed by atoms with Crippen LogP contribution < -0.4 is 5.32 Å². The molecule has 7 nitrogen and oxygen atoms in total. The van der Waals surface area contributed by atoms with E-state index in [2.05, 4.69) is 29.6 Å². The first-order valence-corrected chi connectivity index (χ1v) is 12.6. The van der Waals surface area contributed by atoms with E-state index in [0.717, 1.165) is 36.8 Å². The number of aliphatic carboxylic acids is 1. The Labute approximate surface area is 205 Å². The normalized spacial score (nSPS) is 17.9. The van der Waals surface area contributed by atoms with Gasteiger partial charge < -0.3 is 20.1 Å². The van der Waals surface area contributed by atoms with Crippen molar-refractivity contribution >= 4 is 18.0 Å². The monoisotopic (exact) mass is 476 g/mol. The van der Waals surface area contributed by atoms with E-state index >= 15 is 0 Å². The number of ether oxygens (including phenoxy) is 1. The first-order valence-electron chi connectivity index (χ1n) is 12.6. The number of hydrogen-bond donors (Lipinski definition) is 2. The second kappa shape index (κ2) is 9.72. The van der Waals surface area contributed by atoms with Crippen molar-refractivity contribution in [1.29, 1.82) is 0 Å². The fourth-order valence-electron chi connectivity index (χ4n) is 5.68. The van der Waals surface area contributed by atoms with Crippen LogP contribution in [0, 0.1) is 5.92 Å². The average Bonchev–Trinajstić information content (AvgIpc) is 3.45. The summed E-state index contributed by atoms with van der Waals surface area (Å²) in [5, 5.41) is 12.3. The van der Waals surface area contributed by atoms with Crippen LogP contribution in [-0.2, 0) is 14.3 Å². The van der Waals surface area contributed by atoms with Crippen molar-refractivity contribution in [2.24, 2.45) is 5.92 Å². The summed E-state index contributed by atoms with van der Waals surface area (Å²) in [7, 11) is 0. The summed E-state index contributed by atoms with van der Waals surface area (Å²) in [6.45, 7) is 0.402. The Morgan fingerprint density at radius 2 is 1.57 bits per heavy atom. The van der Waals surface area contributed by atoms with Gasteiger partial charge in [0.15, 0.2) is 0 Å². The predicted octanol–water partition coefficient (Wildman–Crippen LogP) is 4.55. The number of amides is 2. The molecule has 0 bridgehead atoms. The Morgan fingerprint density at radius 3 is 2.14 bits per heavy atom. The molecule has 184 valence electrons. The SMILES string of the molecule is O=C(O)CN(CC1CC1)C(=O)CC1(NC(=O)OCC2c3ccccc3-c3ccccc32)CCCC1. The summed E-state index contributed by atoms with van der Waals surface area (Å²) < 4.78 is 5.74. The van der Waals surface area contributed by atoms with Gasteiger partial charge in [-0.25, -0.2) is 4.79 Å². The molecule has 2 saturated carbocycles.